The number of pyridine rings is 1. The molecule has 2 aromatic carbocycles. The molecule has 0 saturated carbocycles. The Hall–Kier alpha value is -2.49. The van der Waals surface area contributed by atoms with Gasteiger partial charge in [-0.05, 0) is 19.1 Å². The smallest absolute Gasteiger partial charge is 0.200 e. The number of aromatic hydroxyl groups is 2. The van der Waals surface area contributed by atoms with Crippen LogP contribution in [0.5, 0.6) is 11.5 Å². The van der Waals surface area contributed by atoms with Gasteiger partial charge in [-0.3, -0.25) is 4.79 Å². The predicted molar refractivity (Wildman–Crippen MR) is 74.8 cm³/mol. The first kappa shape index (κ1) is 11.6. The lowest BCUT2D eigenvalue weighted by atomic mass is 10.1. The maximum Gasteiger partial charge on any atom is 0.200 e. The number of fused-ring (bicyclic) bond motifs is 2. The number of benzene rings is 2. The summed E-state index contributed by atoms with van der Waals surface area (Å²) in [5.41, 5.74) is 2.05. The Bertz CT molecular complexity index is 878. The Labute approximate surface area is 109 Å². The number of hydrogen-bond donors (Lipinski definition) is 2. The Kier molecular flexibility index (Phi) is 2.29. The number of phenolic OH excluding ortho intramolecular Hbond substituents is 2. The maximum absolute atomic E-state index is 12.5. The third kappa shape index (κ3) is 1.57. The molecule has 2 N–H and O–H groups in total. The minimum Gasteiger partial charge on any atom is -0.508 e. The maximum atomic E-state index is 12.5. The zero-order valence-electron chi connectivity index (χ0n) is 10.6. The molecule has 1 aromatic heterocycles. The number of rotatable bonds is 0. The van der Waals surface area contributed by atoms with E-state index in [1.165, 1.54) is 12.1 Å². The summed E-state index contributed by atoms with van der Waals surface area (Å²) in [6.07, 6.45) is 0. The minimum atomic E-state index is -0.218. The zero-order chi connectivity index (χ0) is 13.7. The molecule has 0 aliphatic heterocycles. The van der Waals surface area contributed by atoms with E-state index in [-0.39, 0.29) is 22.3 Å². The number of hydrogen-bond acceptors (Lipinski definition) is 3. The van der Waals surface area contributed by atoms with Crippen LogP contribution in [0.1, 0.15) is 5.56 Å². The molecule has 96 valence electrons. The first-order valence-corrected chi connectivity index (χ1v) is 5.94. The average molecular weight is 255 g/mol. The van der Waals surface area contributed by atoms with E-state index in [1.807, 2.05) is 25.1 Å². The summed E-state index contributed by atoms with van der Waals surface area (Å²) in [7, 11) is 1.80. The van der Waals surface area contributed by atoms with Crippen molar-refractivity contribution in [3.63, 3.8) is 0 Å². The second-order valence-electron chi connectivity index (χ2n) is 4.77. The van der Waals surface area contributed by atoms with Crippen LogP contribution in [0.2, 0.25) is 0 Å². The molecule has 0 aliphatic rings. The molecule has 3 aromatic rings. The third-order valence-corrected chi connectivity index (χ3v) is 3.43. The van der Waals surface area contributed by atoms with Crippen LogP contribution in [0, 0.1) is 6.92 Å². The summed E-state index contributed by atoms with van der Waals surface area (Å²) in [5.74, 6) is -0.259. The van der Waals surface area contributed by atoms with Crippen molar-refractivity contribution in [3.8, 4) is 11.5 Å². The molecular formula is C15H13NO3. The fraction of sp³-hybridized carbons (Fsp3) is 0.133. The van der Waals surface area contributed by atoms with Crippen molar-refractivity contribution in [1.29, 1.82) is 0 Å². The van der Waals surface area contributed by atoms with E-state index in [4.69, 9.17) is 0 Å². The van der Waals surface area contributed by atoms with Crippen LogP contribution in [-0.2, 0) is 7.05 Å². The van der Waals surface area contributed by atoms with Gasteiger partial charge < -0.3 is 14.8 Å². The van der Waals surface area contributed by atoms with Crippen LogP contribution >= 0.6 is 0 Å². The molecule has 4 nitrogen and oxygen atoms in total. The predicted octanol–water partition coefficient (Wildman–Crippen LogP) is 2.41. The van der Waals surface area contributed by atoms with Gasteiger partial charge in [-0.2, -0.15) is 0 Å². The molecule has 0 fully saturated rings. The van der Waals surface area contributed by atoms with Crippen LogP contribution in [0.3, 0.4) is 0 Å². The van der Waals surface area contributed by atoms with Crippen LogP contribution in [0.25, 0.3) is 21.8 Å². The SMILES string of the molecule is Cc1ccc2c(c1)c(=O)c1c(O)cc(O)cc1n2C. The molecule has 4 heteroatoms. The molecule has 0 spiro atoms. The van der Waals surface area contributed by atoms with E-state index in [0.29, 0.717) is 10.9 Å². The van der Waals surface area contributed by atoms with Gasteiger partial charge in [-0.25, -0.2) is 0 Å². The van der Waals surface area contributed by atoms with Gasteiger partial charge in [-0.15, -0.1) is 0 Å². The summed E-state index contributed by atoms with van der Waals surface area (Å²) in [6.45, 7) is 1.92. The number of phenols is 2. The molecule has 0 bridgehead atoms. The van der Waals surface area contributed by atoms with Gasteiger partial charge in [0.1, 0.15) is 11.5 Å². The first-order valence-electron chi connectivity index (χ1n) is 5.94. The van der Waals surface area contributed by atoms with Gasteiger partial charge in [0.2, 0.25) is 5.43 Å². The molecule has 0 saturated heterocycles. The molecule has 3 rings (SSSR count). The highest BCUT2D eigenvalue weighted by Gasteiger charge is 2.13. The fourth-order valence-corrected chi connectivity index (χ4v) is 2.48. The summed E-state index contributed by atoms with van der Waals surface area (Å²) >= 11 is 0. The summed E-state index contributed by atoms with van der Waals surface area (Å²) in [5, 5.41) is 20.3. The highest BCUT2D eigenvalue weighted by Crippen LogP contribution is 2.29. The lowest BCUT2D eigenvalue weighted by Gasteiger charge is -2.12. The van der Waals surface area contributed by atoms with Crippen LogP contribution in [0.15, 0.2) is 35.1 Å². The highest BCUT2D eigenvalue weighted by molar-refractivity contribution is 5.97. The fourth-order valence-electron chi connectivity index (χ4n) is 2.48. The van der Waals surface area contributed by atoms with Gasteiger partial charge in [0.15, 0.2) is 0 Å². The van der Waals surface area contributed by atoms with Crippen LogP contribution in [-0.4, -0.2) is 14.8 Å². The Morgan fingerprint density at radius 3 is 2.53 bits per heavy atom. The second-order valence-corrected chi connectivity index (χ2v) is 4.77. The minimum absolute atomic E-state index is 0.0635. The van der Waals surface area contributed by atoms with Gasteiger partial charge in [0.25, 0.3) is 0 Å². The van der Waals surface area contributed by atoms with Gasteiger partial charge in [0.05, 0.1) is 16.4 Å². The number of nitrogens with zero attached hydrogens (tertiary/aromatic N) is 1. The molecule has 0 radical (unpaired) electrons. The molecule has 19 heavy (non-hydrogen) atoms. The topological polar surface area (TPSA) is 62.5 Å². The van der Waals surface area contributed by atoms with E-state index < -0.39 is 0 Å². The van der Waals surface area contributed by atoms with E-state index in [2.05, 4.69) is 0 Å². The first-order chi connectivity index (χ1) is 8.99. The Morgan fingerprint density at radius 1 is 1.05 bits per heavy atom. The molecular weight excluding hydrogens is 242 g/mol. The normalized spacial score (nSPS) is 11.3. The molecule has 0 unspecified atom stereocenters. The van der Waals surface area contributed by atoms with Crippen molar-refractivity contribution in [1.82, 2.24) is 4.57 Å². The quantitative estimate of drug-likeness (QED) is 0.606. The van der Waals surface area contributed by atoms with Crippen molar-refractivity contribution in [2.45, 2.75) is 6.92 Å². The standard InChI is InChI=1S/C15H13NO3/c1-8-3-4-11-10(5-8)15(19)14-12(16(11)2)6-9(17)7-13(14)18/h3-7,17-18H,1-2H3. The lowest BCUT2D eigenvalue weighted by Crippen LogP contribution is -2.09. The van der Waals surface area contributed by atoms with E-state index in [1.54, 1.807) is 11.6 Å². The average Bonchev–Trinajstić information content (AvgIpc) is 2.35. The number of aryl methyl sites for hydroxylation is 2. The molecule has 1 heterocycles. The largest absolute Gasteiger partial charge is 0.508 e. The Balaban J connectivity index is 2.69. The van der Waals surface area contributed by atoms with E-state index in [9.17, 15) is 15.0 Å². The Morgan fingerprint density at radius 2 is 1.79 bits per heavy atom. The summed E-state index contributed by atoms with van der Waals surface area (Å²) < 4.78 is 1.80. The van der Waals surface area contributed by atoms with Crippen molar-refractivity contribution in [2.75, 3.05) is 0 Å². The molecule has 0 aliphatic carbocycles. The van der Waals surface area contributed by atoms with Crippen LogP contribution in [0.4, 0.5) is 0 Å². The summed E-state index contributed by atoms with van der Waals surface area (Å²) in [4.78, 5) is 12.5. The third-order valence-electron chi connectivity index (χ3n) is 3.43. The van der Waals surface area contributed by atoms with Crippen molar-refractivity contribution in [2.24, 2.45) is 7.05 Å². The summed E-state index contributed by atoms with van der Waals surface area (Å²) in [6, 6.07) is 8.27. The van der Waals surface area contributed by atoms with Crippen molar-refractivity contribution < 1.29 is 10.2 Å². The number of aromatic nitrogens is 1. The monoisotopic (exact) mass is 255 g/mol. The van der Waals surface area contributed by atoms with E-state index >= 15 is 0 Å². The molecule has 0 atom stereocenters. The highest BCUT2D eigenvalue weighted by atomic mass is 16.3. The van der Waals surface area contributed by atoms with Gasteiger partial charge in [0, 0.05) is 24.6 Å². The van der Waals surface area contributed by atoms with Crippen LogP contribution < -0.4 is 5.43 Å². The van der Waals surface area contributed by atoms with Gasteiger partial charge in [-0.1, -0.05) is 11.6 Å². The second kappa shape index (κ2) is 3.75. The van der Waals surface area contributed by atoms with Crippen molar-refractivity contribution in [3.05, 3.63) is 46.1 Å². The van der Waals surface area contributed by atoms with Crippen molar-refractivity contribution >= 4 is 21.8 Å². The lowest BCUT2D eigenvalue weighted by molar-refractivity contribution is 0.454. The molecule has 0 amide bonds. The van der Waals surface area contributed by atoms with Gasteiger partial charge >= 0.3 is 0 Å². The zero-order valence-corrected chi connectivity index (χ0v) is 10.6. The van der Waals surface area contributed by atoms with E-state index in [0.717, 1.165) is 11.1 Å².